The van der Waals surface area contributed by atoms with Crippen molar-refractivity contribution in [3.05, 3.63) is 46.7 Å². The van der Waals surface area contributed by atoms with Gasteiger partial charge in [0.15, 0.2) is 12.4 Å². The molecule has 2 aromatic rings. The summed E-state index contributed by atoms with van der Waals surface area (Å²) in [7, 11) is 0. The average molecular weight is 357 g/mol. The molecular formula is C16H14F3NO3S. The van der Waals surface area contributed by atoms with Gasteiger partial charge < -0.3 is 10.1 Å². The zero-order valence-electron chi connectivity index (χ0n) is 12.4. The van der Waals surface area contributed by atoms with Crippen molar-refractivity contribution >= 4 is 28.7 Å². The number of thiophene rings is 1. The molecule has 128 valence electrons. The molecule has 0 atom stereocenters. The van der Waals surface area contributed by atoms with Crippen LogP contribution in [-0.2, 0) is 4.79 Å². The summed E-state index contributed by atoms with van der Waals surface area (Å²) in [5.41, 5.74) is 0.135. The molecule has 1 aromatic heterocycles. The van der Waals surface area contributed by atoms with Crippen LogP contribution in [0.3, 0.4) is 0 Å². The third-order valence-corrected chi connectivity index (χ3v) is 3.84. The van der Waals surface area contributed by atoms with Crippen molar-refractivity contribution in [2.24, 2.45) is 0 Å². The van der Waals surface area contributed by atoms with Crippen LogP contribution < -0.4 is 10.1 Å². The smallest absolute Gasteiger partial charge is 0.422 e. The Balaban J connectivity index is 1.90. The van der Waals surface area contributed by atoms with Crippen molar-refractivity contribution in [2.75, 3.05) is 11.9 Å². The number of para-hydroxylation sites is 2. The van der Waals surface area contributed by atoms with Gasteiger partial charge in [0, 0.05) is 12.8 Å². The Bertz CT molecular complexity index is 699. The van der Waals surface area contributed by atoms with E-state index in [2.05, 4.69) is 10.1 Å². The van der Waals surface area contributed by atoms with Crippen molar-refractivity contribution in [2.45, 2.75) is 19.0 Å². The number of ketones is 1. The normalized spacial score (nSPS) is 11.1. The fourth-order valence-electron chi connectivity index (χ4n) is 1.86. The van der Waals surface area contributed by atoms with Gasteiger partial charge in [-0.1, -0.05) is 18.2 Å². The zero-order valence-corrected chi connectivity index (χ0v) is 13.2. The van der Waals surface area contributed by atoms with Gasteiger partial charge in [0.2, 0.25) is 5.91 Å². The maximum Gasteiger partial charge on any atom is 0.422 e. The highest BCUT2D eigenvalue weighted by atomic mass is 32.1. The molecule has 0 spiro atoms. The Morgan fingerprint density at radius 1 is 1.08 bits per heavy atom. The van der Waals surface area contributed by atoms with Crippen LogP contribution in [0.15, 0.2) is 41.8 Å². The van der Waals surface area contributed by atoms with Crippen LogP contribution in [0, 0.1) is 0 Å². The van der Waals surface area contributed by atoms with Crippen molar-refractivity contribution < 1.29 is 27.5 Å². The molecule has 24 heavy (non-hydrogen) atoms. The van der Waals surface area contributed by atoms with E-state index in [4.69, 9.17) is 0 Å². The quantitative estimate of drug-likeness (QED) is 0.752. The number of halogens is 3. The predicted octanol–water partition coefficient (Wildman–Crippen LogP) is 4.29. The number of carbonyl (C=O) groups is 2. The summed E-state index contributed by atoms with van der Waals surface area (Å²) in [6.45, 7) is -1.45. The van der Waals surface area contributed by atoms with Crippen LogP contribution in [0.5, 0.6) is 5.75 Å². The number of nitrogens with one attached hydrogen (secondary N) is 1. The molecule has 0 unspecified atom stereocenters. The maximum absolute atomic E-state index is 12.2. The van der Waals surface area contributed by atoms with Gasteiger partial charge in [0.1, 0.15) is 5.75 Å². The molecule has 0 bridgehead atoms. The molecule has 1 aromatic carbocycles. The van der Waals surface area contributed by atoms with E-state index < -0.39 is 18.7 Å². The first-order chi connectivity index (χ1) is 11.3. The monoisotopic (exact) mass is 357 g/mol. The van der Waals surface area contributed by atoms with Crippen molar-refractivity contribution in [1.29, 1.82) is 0 Å². The van der Waals surface area contributed by atoms with Crippen molar-refractivity contribution in [1.82, 2.24) is 0 Å². The summed E-state index contributed by atoms with van der Waals surface area (Å²) in [5.74, 6) is -0.697. The molecule has 0 aliphatic rings. The van der Waals surface area contributed by atoms with E-state index in [-0.39, 0.29) is 30.1 Å². The number of alkyl halides is 3. The molecule has 8 heteroatoms. The Hall–Kier alpha value is -2.35. The van der Waals surface area contributed by atoms with Crippen LogP contribution in [0.1, 0.15) is 22.5 Å². The van der Waals surface area contributed by atoms with Crippen LogP contribution in [-0.4, -0.2) is 24.5 Å². The number of Topliss-reactive ketones (excluding diaryl/α,β-unsaturated/α-hetero) is 1. The van der Waals surface area contributed by atoms with Crippen molar-refractivity contribution in [3.63, 3.8) is 0 Å². The standard InChI is InChI=1S/C16H14F3NO3S/c17-16(18,19)10-23-13-5-2-1-4-11(13)20-15(22)8-7-12(21)14-6-3-9-24-14/h1-6,9H,7-8,10H2,(H,20,22). The number of ether oxygens (including phenoxy) is 1. The summed E-state index contributed by atoms with van der Waals surface area (Å²) >= 11 is 1.29. The molecule has 0 saturated heterocycles. The minimum Gasteiger partial charge on any atom is -0.482 e. The molecule has 1 heterocycles. The summed E-state index contributed by atoms with van der Waals surface area (Å²) in [6, 6.07) is 9.24. The summed E-state index contributed by atoms with van der Waals surface area (Å²) in [5, 5.41) is 4.23. The van der Waals surface area contributed by atoms with E-state index in [1.807, 2.05) is 0 Å². The highest BCUT2D eigenvalue weighted by molar-refractivity contribution is 7.12. The van der Waals surface area contributed by atoms with E-state index in [1.165, 1.54) is 29.5 Å². The van der Waals surface area contributed by atoms with Gasteiger partial charge in [-0.05, 0) is 23.6 Å². The molecule has 1 N–H and O–H groups in total. The average Bonchev–Trinajstić information content (AvgIpc) is 3.05. The Morgan fingerprint density at radius 2 is 1.83 bits per heavy atom. The highest BCUT2D eigenvalue weighted by Crippen LogP contribution is 2.26. The molecular weight excluding hydrogens is 343 g/mol. The maximum atomic E-state index is 12.2. The summed E-state index contributed by atoms with van der Waals surface area (Å²) < 4.78 is 41.4. The summed E-state index contributed by atoms with van der Waals surface area (Å²) in [4.78, 5) is 24.3. The molecule has 0 saturated carbocycles. The van der Waals surface area contributed by atoms with Crippen LogP contribution in [0.2, 0.25) is 0 Å². The van der Waals surface area contributed by atoms with Gasteiger partial charge in [-0.15, -0.1) is 11.3 Å². The zero-order chi connectivity index (χ0) is 17.6. The number of carbonyl (C=O) groups excluding carboxylic acids is 2. The topological polar surface area (TPSA) is 55.4 Å². The van der Waals surface area contributed by atoms with Crippen molar-refractivity contribution in [3.8, 4) is 5.75 Å². The SMILES string of the molecule is O=C(CCC(=O)c1cccs1)Nc1ccccc1OCC(F)(F)F. The van der Waals surface area contributed by atoms with E-state index >= 15 is 0 Å². The summed E-state index contributed by atoms with van der Waals surface area (Å²) in [6.07, 6.45) is -4.51. The first kappa shape index (κ1) is 18.0. The third kappa shape index (κ3) is 5.69. The van der Waals surface area contributed by atoms with E-state index in [1.54, 1.807) is 23.6 Å². The minimum absolute atomic E-state index is 0.0257. The van der Waals surface area contributed by atoms with Crippen LogP contribution in [0.25, 0.3) is 0 Å². The molecule has 1 amide bonds. The number of rotatable bonds is 7. The van der Waals surface area contributed by atoms with Gasteiger partial charge in [-0.25, -0.2) is 0 Å². The Labute approximate surface area is 140 Å². The first-order valence-corrected chi connectivity index (χ1v) is 7.88. The second-order valence-corrected chi connectivity index (χ2v) is 5.80. The Morgan fingerprint density at radius 3 is 2.50 bits per heavy atom. The van der Waals surface area contributed by atoms with Gasteiger partial charge >= 0.3 is 6.18 Å². The van der Waals surface area contributed by atoms with Gasteiger partial charge in [0.25, 0.3) is 0 Å². The first-order valence-electron chi connectivity index (χ1n) is 7.00. The van der Waals surface area contributed by atoms with Gasteiger partial charge in [0.05, 0.1) is 10.6 Å². The van der Waals surface area contributed by atoms with Crippen LogP contribution >= 0.6 is 11.3 Å². The second-order valence-electron chi connectivity index (χ2n) is 4.85. The van der Waals surface area contributed by atoms with Gasteiger partial charge in [-0.2, -0.15) is 13.2 Å². The van der Waals surface area contributed by atoms with E-state index in [0.717, 1.165) is 0 Å². The Kier molecular flexibility index (Phi) is 5.97. The molecule has 0 fully saturated rings. The van der Waals surface area contributed by atoms with Crippen LogP contribution in [0.4, 0.5) is 18.9 Å². The lowest BCUT2D eigenvalue weighted by Gasteiger charge is -2.13. The molecule has 4 nitrogen and oxygen atoms in total. The molecule has 2 rings (SSSR count). The molecule has 0 aliphatic heterocycles. The lowest BCUT2D eigenvalue weighted by atomic mass is 10.2. The number of hydrogen-bond donors (Lipinski definition) is 1. The highest BCUT2D eigenvalue weighted by Gasteiger charge is 2.28. The largest absolute Gasteiger partial charge is 0.482 e. The second kappa shape index (κ2) is 7.96. The predicted molar refractivity (Wildman–Crippen MR) is 84.5 cm³/mol. The third-order valence-electron chi connectivity index (χ3n) is 2.93. The minimum atomic E-state index is -4.47. The fraction of sp³-hybridized carbons (Fsp3) is 0.250. The molecule has 0 radical (unpaired) electrons. The lowest BCUT2D eigenvalue weighted by Crippen LogP contribution is -2.20. The number of amides is 1. The number of hydrogen-bond acceptors (Lipinski definition) is 4. The lowest BCUT2D eigenvalue weighted by molar-refractivity contribution is -0.153. The number of benzene rings is 1. The van der Waals surface area contributed by atoms with E-state index in [9.17, 15) is 22.8 Å². The fourth-order valence-corrected chi connectivity index (χ4v) is 2.55. The number of anilines is 1. The molecule has 0 aliphatic carbocycles. The van der Waals surface area contributed by atoms with Gasteiger partial charge in [-0.3, -0.25) is 9.59 Å². The van der Waals surface area contributed by atoms with E-state index in [0.29, 0.717) is 4.88 Å².